The van der Waals surface area contributed by atoms with Crippen LogP contribution in [0.2, 0.25) is 0 Å². The van der Waals surface area contributed by atoms with E-state index >= 15 is 0 Å². The van der Waals surface area contributed by atoms with Gasteiger partial charge < -0.3 is 10.1 Å². The summed E-state index contributed by atoms with van der Waals surface area (Å²) < 4.78 is 5.70. The van der Waals surface area contributed by atoms with Crippen LogP contribution in [0.25, 0.3) is 0 Å². The Kier molecular flexibility index (Phi) is 3.58. The second-order valence-corrected chi connectivity index (χ2v) is 4.86. The molecule has 3 rings (SSSR count). The maximum absolute atomic E-state index is 5.70. The van der Waals surface area contributed by atoms with Gasteiger partial charge in [-0.2, -0.15) is 5.10 Å². The summed E-state index contributed by atoms with van der Waals surface area (Å²) in [5.74, 6) is 2.53. The third-order valence-corrected chi connectivity index (χ3v) is 3.15. The molecule has 0 unspecified atom stereocenters. The van der Waals surface area contributed by atoms with Crippen LogP contribution in [0.1, 0.15) is 18.4 Å². The molecule has 0 aliphatic heterocycles. The van der Waals surface area contributed by atoms with Crippen LogP contribution in [0.4, 0.5) is 5.82 Å². The second-order valence-electron chi connectivity index (χ2n) is 4.86. The molecule has 0 radical (unpaired) electrons. The molecule has 0 saturated heterocycles. The third kappa shape index (κ3) is 3.68. The number of nitrogens with zero attached hydrogens (tertiary/aromatic N) is 2. The van der Waals surface area contributed by atoms with Gasteiger partial charge in [-0.15, -0.1) is 5.10 Å². The van der Waals surface area contributed by atoms with Crippen molar-refractivity contribution in [2.75, 3.05) is 11.9 Å². The highest BCUT2D eigenvalue weighted by Crippen LogP contribution is 2.29. The zero-order valence-electron chi connectivity index (χ0n) is 10.7. The van der Waals surface area contributed by atoms with Gasteiger partial charge in [0.2, 0.25) is 0 Å². The van der Waals surface area contributed by atoms with Crippen molar-refractivity contribution in [3.63, 3.8) is 0 Å². The summed E-state index contributed by atoms with van der Waals surface area (Å²) in [5.41, 5.74) is 1.20. The topological polar surface area (TPSA) is 47.0 Å². The van der Waals surface area contributed by atoms with Crippen molar-refractivity contribution in [3.8, 4) is 5.75 Å². The fraction of sp³-hybridized carbons (Fsp3) is 0.333. The van der Waals surface area contributed by atoms with Crippen LogP contribution in [0, 0.1) is 5.92 Å². The third-order valence-electron chi connectivity index (χ3n) is 3.15. The van der Waals surface area contributed by atoms with E-state index < -0.39 is 0 Å². The summed E-state index contributed by atoms with van der Waals surface area (Å²) in [7, 11) is 0. The number of hydrogen-bond acceptors (Lipinski definition) is 4. The van der Waals surface area contributed by atoms with Gasteiger partial charge in [0.15, 0.2) is 0 Å². The Hall–Kier alpha value is -2.10. The predicted molar refractivity (Wildman–Crippen MR) is 74.0 cm³/mol. The van der Waals surface area contributed by atoms with E-state index in [1.54, 1.807) is 6.20 Å². The van der Waals surface area contributed by atoms with Crippen LogP contribution in [0.5, 0.6) is 5.75 Å². The molecule has 0 atom stereocenters. The monoisotopic (exact) mass is 255 g/mol. The molecule has 1 N–H and O–H groups in total. The number of benzene rings is 1. The summed E-state index contributed by atoms with van der Waals surface area (Å²) in [5, 5.41) is 11.0. The molecule has 0 spiro atoms. The molecule has 98 valence electrons. The molecule has 1 heterocycles. The van der Waals surface area contributed by atoms with Gasteiger partial charge in [0.1, 0.15) is 11.6 Å². The molecule has 19 heavy (non-hydrogen) atoms. The Morgan fingerprint density at radius 2 is 2.00 bits per heavy atom. The Morgan fingerprint density at radius 3 is 2.68 bits per heavy atom. The first-order chi connectivity index (χ1) is 9.40. The second kappa shape index (κ2) is 5.69. The van der Waals surface area contributed by atoms with Crippen molar-refractivity contribution < 1.29 is 4.74 Å². The van der Waals surface area contributed by atoms with E-state index in [1.807, 2.05) is 24.3 Å². The number of anilines is 1. The largest absolute Gasteiger partial charge is 0.493 e. The van der Waals surface area contributed by atoms with E-state index in [9.17, 15) is 0 Å². The van der Waals surface area contributed by atoms with Gasteiger partial charge in [-0.25, -0.2) is 0 Å². The number of ether oxygens (including phenoxy) is 1. The van der Waals surface area contributed by atoms with Crippen molar-refractivity contribution in [3.05, 3.63) is 48.2 Å². The number of hydrogen-bond donors (Lipinski definition) is 1. The Labute approximate surface area is 112 Å². The zero-order chi connectivity index (χ0) is 12.9. The lowest BCUT2D eigenvalue weighted by molar-refractivity contribution is 0.299. The van der Waals surface area contributed by atoms with Crippen molar-refractivity contribution in [1.29, 1.82) is 0 Å². The Bertz CT molecular complexity index is 509. The van der Waals surface area contributed by atoms with Crippen molar-refractivity contribution in [1.82, 2.24) is 10.2 Å². The molecule has 1 aliphatic rings. The average molecular weight is 255 g/mol. The quantitative estimate of drug-likeness (QED) is 0.862. The van der Waals surface area contributed by atoms with E-state index in [-0.39, 0.29) is 0 Å². The molecule has 1 saturated carbocycles. The van der Waals surface area contributed by atoms with Crippen LogP contribution in [0.3, 0.4) is 0 Å². The average Bonchev–Trinajstić information content (AvgIpc) is 3.29. The van der Waals surface area contributed by atoms with E-state index in [0.717, 1.165) is 30.6 Å². The highest BCUT2D eigenvalue weighted by atomic mass is 16.5. The van der Waals surface area contributed by atoms with Gasteiger partial charge in [-0.3, -0.25) is 0 Å². The lowest BCUT2D eigenvalue weighted by Crippen LogP contribution is -2.02. The van der Waals surface area contributed by atoms with Crippen molar-refractivity contribution in [2.24, 2.45) is 5.92 Å². The molecule has 1 aromatic carbocycles. The van der Waals surface area contributed by atoms with Crippen LogP contribution in [-0.4, -0.2) is 16.8 Å². The Morgan fingerprint density at radius 1 is 1.16 bits per heavy atom. The normalized spacial score (nSPS) is 14.1. The van der Waals surface area contributed by atoms with Crippen molar-refractivity contribution >= 4 is 5.82 Å². The minimum atomic E-state index is 0.738. The molecule has 1 aliphatic carbocycles. The van der Waals surface area contributed by atoms with Gasteiger partial charge in [0.25, 0.3) is 0 Å². The van der Waals surface area contributed by atoms with Gasteiger partial charge in [0.05, 0.1) is 6.61 Å². The summed E-state index contributed by atoms with van der Waals surface area (Å²) in [6.45, 7) is 1.60. The minimum Gasteiger partial charge on any atom is -0.493 e. The molecular weight excluding hydrogens is 238 g/mol. The van der Waals surface area contributed by atoms with Gasteiger partial charge in [0, 0.05) is 12.7 Å². The van der Waals surface area contributed by atoms with Crippen LogP contribution in [0.15, 0.2) is 42.6 Å². The first-order valence-electron chi connectivity index (χ1n) is 6.63. The van der Waals surface area contributed by atoms with Gasteiger partial charge >= 0.3 is 0 Å². The van der Waals surface area contributed by atoms with Gasteiger partial charge in [-0.05, 0) is 48.6 Å². The maximum atomic E-state index is 5.70. The maximum Gasteiger partial charge on any atom is 0.148 e. The summed E-state index contributed by atoms with van der Waals surface area (Å²) >= 11 is 0. The first-order valence-corrected chi connectivity index (χ1v) is 6.63. The van der Waals surface area contributed by atoms with E-state index in [1.165, 1.54) is 18.4 Å². The van der Waals surface area contributed by atoms with E-state index in [0.29, 0.717) is 0 Å². The molecule has 4 heteroatoms. The molecular formula is C15H17N3O. The van der Waals surface area contributed by atoms with Crippen LogP contribution in [-0.2, 0) is 6.54 Å². The molecule has 1 fully saturated rings. The smallest absolute Gasteiger partial charge is 0.148 e. The van der Waals surface area contributed by atoms with Crippen LogP contribution < -0.4 is 10.1 Å². The van der Waals surface area contributed by atoms with E-state index in [4.69, 9.17) is 4.74 Å². The number of rotatable bonds is 6. The summed E-state index contributed by atoms with van der Waals surface area (Å²) in [4.78, 5) is 0. The molecule has 0 amide bonds. The fourth-order valence-electron chi connectivity index (χ4n) is 1.79. The zero-order valence-corrected chi connectivity index (χ0v) is 10.7. The number of nitrogens with one attached hydrogen (secondary N) is 1. The number of aromatic nitrogens is 2. The highest BCUT2D eigenvalue weighted by Gasteiger charge is 2.21. The molecule has 1 aromatic heterocycles. The lowest BCUT2D eigenvalue weighted by Gasteiger charge is -2.07. The van der Waals surface area contributed by atoms with Gasteiger partial charge in [-0.1, -0.05) is 12.1 Å². The molecule has 4 nitrogen and oxygen atoms in total. The van der Waals surface area contributed by atoms with Crippen molar-refractivity contribution in [2.45, 2.75) is 19.4 Å². The molecule has 0 bridgehead atoms. The van der Waals surface area contributed by atoms with E-state index in [2.05, 4.69) is 27.6 Å². The minimum absolute atomic E-state index is 0.738. The molecule has 2 aromatic rings. The van der Waals surface area contributed by atoms with Crippen LogP contribution >= 0.6 is 0 Å². The fourth-order valence-corrected chi connectivity index (χ4v) is 1.79. The SMILES string of the molecule is c1cnnc(NCc2ccc(OCC3CC3)cc2)c1. The highest BCUT2D eigenvalue weighted by molar-refractivity contribution is 5.34. The lowest BCUT2D eigenvalue weighted by atomic mass is 10.2. The first kappa shape index (κ1) is 12.0. The summed E-state index contributed by atoms with van der Waals surface area (Å²) in [6, 6.07) is 12.0. The Balaban J connectivity index is 1.50. The predicted octanol–water partition coefficient (Wildman–Crippen LogP) is 2.88. The standard InChI is InChI=1S/C15H17N3O/c1-2-15(18-17-9-1)16-10-12-5-7-14(8-6-12)19-11-13-3-4-13/h1-2,5-9,13H,3-4,10-11H2,(H,16,18). The summed E-state index contributed by atoms with van der Waals surface area (Å²) in [6.07, 6.45) is 4.30.